The van der Waals surface area contributed by atoms with Gasteiger partial charge < -0.3 is 19.4 Å². The van der Waals surface area contributed by atoms with Gasteiger partial charge in [0.25, 0.3) is 0 Å². The molecule has 0 spiro atoms. The molecule has 0 saturated carbocycles. The van der Waals surface area contributed by atoms with Crippen molar-refractivity contribution in [3.63, 3.8) is 0 Å². The van der Waals surface area contributed by atoms with Gasteiger partial charge >= 0.3 is 5.69 Å². The van der Waals surface area contributed by atoms with Crippen LogP contribution in [-0.4, -0.2) is 41.7 Å². The van der Waals surface area contributed by atoms with Crippen molar-refractivity contribution in [3.8, 4) is 0 Å². The smallest absolute Gasteiger partial charge is 0.323 e. The molecule has 2 heterocycles. The number of benzene rings is 1. The lowest BCUT2D eigenvalue weighted by atomic mass is 10.1. The molecular formula is C12H11BrN2O4. The Morgan fingerprint density at radius 1 is 1.26 bits per heavy atom. The Balaban J connectivity index is 2.01. The van der Waals surface area contributed by atoms with Gasteiger partial charge in [-0.3, -0.25) is 4.79 Å². The fourth-order valence-electron chi connectivity index (χ4n) is 2.06. The van der Waals surface area contributed by atoms with E-state index in [9.17, 15) is 9.59 Å². The molecule has 1 fully saturated rings. The molecule has 0 amide bonds. The SMILES string of the molecule is O=C(c1cc2[nH]c(=O)[nH]c2cc1Br)C1COCCO1. The number of hydrogen-bond donors (Lipinski definition) is 2. The number of carbonyl (C=O) groups is 1. The van der Waals surface area contributed by atoms with Gasteiger partial charge in [0.1, 0.15) is 6.10 Å². The van der Waals surface area contributed by atoms with E-state index in [1.807, 2.05) is 0 Å². The highest BCUT2D eigenvalue weighted by Crippen LogP contribution is 2.24. The zero-order chi connectivity index (χ0) is 13.4. The number of hydrogen-bond acceptors (Lipinski definition) is 4. The van der Waals surface area contributed by atoms with E-state index in [2.05, 4.69) is 25.9 Å². The summed E-state index contributed by atoms with van der Waals surface area (Å²) in [6.45, 7) is 1.18. The maximum absolute atomic E-state index is 12.3. The van der Waals surface area contributed by atoms with Crippen LogP contribution in [0.15, 0.2) is 21.4 Å². The van der Waals surface area contributed by atoms with E-state index in [1.54, 1.807) is 12.1 Å². The maximum atomic E-state index is 12.3. The first kappa shape index (κ1) is 12.6. The zero-order valence-electron chi connectivity index (χ0n) is 9.86. The summed E-state index contributed by atoms with van der Waals surface area (Å²) in [4.78, 5) is 28.8. The van der Waals surface area contributed by atoms with Crippen LogP contribution in [0.5, 0.6) is 0 Å². The topological polar surface area (TPSA) is 84.2 Å². The van der Waals surface area contributed by atoms with Gasteiger partial charge in [-0.2, -0.15) is 0 Å². The Hall–Kier alpha value is -1.44. The van der Waals surface area contributed by atoms with Crippen molar-refractivity contribution in [1.29, 1.82) is 0 Å². The molecule has 1 atom stereocenters. The molecule has 0 radical (unpaired) electrons. The molecule has 1 aliphatic rings. The fraction of sp³-hybridized carbons (Fsp3) is 0.333. The third-order valence-electron chi connectivity index (χ3n) is 2.98. The van der Waals surface area contributed by atoms with Gasteiger partial charge in [0.05, 0.1) is 30.9 Å². The van der Waals surface area contributed by atoms with E-state index >= 15 is 0 Å². The molecule has 1 aromatic heterocycles. The molecule has 3 rings (SSSR count). The van der Waals surface area contributed by atoms with Gasteiger partial charge in [-0.15, -0.1) is 0 Å². The molecule has 7 heteroatoms. The summed E-state index contributed by atoms with van der Waals surface area (Å²) >= 11 is 3.34. The van der Waals surface area contributed by atoms with Crippen molar-refractivity contribution >= 4 is 32.7 Å². The van der Waals surface area contributed by atoms with Crippen molar-refractivity contribution < 1.29 is 14.3 Å². The summed E-state index contributed by atoms with van der Waals surface area (Å²) < 4.78 is 11.2. The molecule has 0 bridgehead atoms. The Kier molecular flexibility index (Phi) is 3.26. The van der Waals surface area contributed by atoms with Crippen molar-refractivity contribution in [2.75, 3.05) is 19.8 Å². The summed E-state index contributed by atoms with van der Waals surface area (Å²) in [5.74, 6) is -0.157. The molecule has 1 aliphatic heterocycles. The first-order valence-electron chi connectivity index (χ1n) is 5.80. The molecule has 19 heavy (non-hydrogen) atoms. The van der Waals surface area contributed by atoms with Crippen LogP contribution < -0.4 is 5.69 Å². The molecule has 0 aliphatic carbocycles. The highest BCUT2D eigenvalue weighted by Gasteiger charge is 2.26. The lowest BCUT2D eigenvalue weighted by Gasteiger charge is -2.22. The quantitative estimate of drug-likeness (QED) is 0.812. The van der Waals surface area contributed by atoms with E-state index in [4.69, 9.17) is 9.47 Å². The Morgan fingerprint density at radius 2 is 2.00 bits per heavy atom. The standard InChI is InChI=1S/C12H11BrN2O4/c13-7-4-9-8(14-12(17)15-9)3-6(7)11(16)10-5-18-1-2-19-10/h3-4,10H,1-2,5H2,(H2,14,15,17). The summed E-state index contributed by atoms with van der Waals surface area (Å²) in [6, 6.07) is 3.34. The zero-order valence-corrected chi connectivity index (χ0v) is 11.5. The van der Waals surface area contributed by atoms with Gasteiger partial charge in [-0.05, 0) is 28.1 Å². The second-order valence-electron chi connectivity index (χ2n) is 4.26. The number of ether oxygens (including phenoxy) is 2. The number of ketones is 1. The molecule has 1 unspecified atom stereocenters. The van der Waals surface area contributed by atoms with E-state index in [1.165, 1.54) is 0 Å². The van der Waals surface area contributed by atoms with Crippen LogP contribution in [0.2, 0.25) is 0 Å². The minimum atomic E-state index is -0.590. The van der Waals surface area contributed by atoms with Crippen molar-refractivity contribution in [2.45, 2.75) is 6.10 Å². The van der Waals surface area contributed by atoms with Gasteiger partial charge in [0.15, 0.2) is 5.78 Å². The number of halogens is 1. The lowest BCUT2D eigenvalue weighted by molar-refractivity contribution is -0.0719. The van der Waals surface area contributed by atoms with Gasteiger partial charge in [0, 0.05) is 10.0 Å². The molecule has 1 aromatic carbocycles. The monoisotopic (exact) mass is 326 g/mol. The van der Waals surface area contributed by atoms with Gasteiger partial charge in [0.2, 0.25) is 0 Å². The van der Waals surface area contributed by atoms with Crippen LogP contribution >= 0.6 is 15.9 Å². The predicted octanol–water partition coefficient (Wildman–Crippen LogP) is 1.22. The summed E-state index contributed by atoms with van der Waals surface area (Å²) in [6.07, 6.45) is -0.590. The maximum Gasteiger partial charge on any atom is 0.323 e. The summed E-state index contributed by atoms with van der Waals surface area (Å²) in [5.41, 5.74) is 1.41. The van der Waals surface area contributed by atoms with Crippen LogP contribution in [0.1, 0.15) is 10.4 Å². The largest absolute Gasteiger partial charge is 0.376 e. The van der Waals surface area contributed by atoms with Crippen molar-refractivity contribution in [3.05, 3.63) is 32.7 Å². The molecular weight excluding hydrogens is 316 g/mol. The van der Waals surface area contributed by atoms with Crippen LogP contribution in [-0.2, 0) is 9.47 Å². The van der Waals surface area contributed by atoms with E-state index in [0.717, 1.165) is 0 Å². The average molecular weight is 327 g/mol. The Labute approximate surface area is 116 Å². The minimum Gasteiger partial charge on any atom is -0.376 e. The first-order valence-corrected chi connectivity index (χ1v) is 6.59. The highest BCUT2D eigenvalue weighted by atomic mass is 79.9. The summed E-state index contributed by atoms with van der Waals surface area (Å²) in [5, 5.41) is 0. The molecule has 1 saturated heterocycles. The minimum absolute atomic E-state index is 0.157. The average Bonchev–Trinajstić information content (AvgIpc) is 2.77. The number of Topliss-reactive ketones (excluding diaryl/α,β-unsaturated/α-hetero) is 1. The van der Waals surface area contributed by atoms with Crippen LogP contribution in [0.3, 0.4) is 0 Å². The second kappa shape index (κ2) is 4.92. The summed E-state index contributed by atoms with van der Waals surface area (Å²) in [7, 11) is 0. The number of carbonyl (C=O) groups excluding carboxylic acids is 1. The molecule has 6 nitrogen and oxygen atoms in total. The fourth-order valence-corrected chi connectivity index (χ4v) is 2.60. The first-order chi connectivity index (χ1) is 9.15. The Morgan fingerprint density at radius 3 is 2.68 bits per heavy atom. The number of fused-ring (bicyclic) bond motifs is 1. The Bertz CT molecular complexity index is 685. The van der Waals surface area contributed by atoms with Gasteiger partial charge in [-0.25, -0.2) is 4.79 Å². The molecule has 2 aromatic rings. The van der Waals surface area contributed by atoms with E-state index in [-0.39, 0.29) is 18.1 Å². The lowest BCUT2D eigenvalue weighted by Crippen LogP contribution is -2.35. The molecule has 2 N–H and O–H groups in total. The van der Waals surface area contributed by atoms with Crippen molar-refractivity contribution in [2.24, 2.45) is 0 Å². The molecule has 100 valence electrons. The second-order valence-corrected chi connectivity index (χ2v) is 5.11. The third-order valence-corrected chi connectivity index (χ3v) is 3.63. The normalized spacial score (nSPS) is 19.7. The highest BCUT2D eigenvalue weighted by molar-refractivity contribution is 9.10. The van der Waals surface area contributed by atoms with E-state index in [0.29, 0.717) is 34.3 Å². The number of H-pyrrole nitrogens is 2. The van der Waals surface area contributed by atoms with Crippen LogP contribution in [0.4, 0.5) is 0 Å². The number of imidazole rings is 1. The third kappa shape index (κ3) is 2.36. The van der Waals surface area contributed by atoms with Crippen LogP contribution in [0, 0.1) is 0 Å². The van der Waals surface area contributed by atoms with Gasteiger partial charge in [-0.1, -0.05) is 0 Å². The number of aromatic nitrogens is 2. The predicted molar refractivity (Wildman–Crippen MR) is 71.5 cm³/mol. The number of rotatable bonds is 2. The number of aromatic amines is 2. The van der Waals surface area contributed by atoms with Crippen LogP contribution in [0.25, 0.3) is 11.0 Å². The van der Waals surface area contributed by atoms with E-state index < -0.39 is 6.10 Å². The van der Waals surface area contributed by atoms with Crippen molar-refractivity contribution in [1.82, 2.24) is 9.97 Å². The number of nitrogens with one attached hydrogen (secondary N) is 2.